The molecule has 1 unspecified atom stereocenters. The highest BCUT2D eigenvalue weighted by Crippen LogP contribution is 2.30. The van der Waals surface area contributed by atoms with Gasteiger partial charge in [0, 0.05) is 17.8 Å². The first kappa shape index (κ1) is 15.7. The minimum Gasteiger partial charge on any atom is -0.378 e. The van der Waals surface area contributed by atoms with Crippen LogP contribution in [0.15, 0.2) is 40.9 Å². The average Bonchev–Trinajstić information content (AvgIpc) is 2.43. The molecule has 0 saturated carbocycles. The van der Waals surface area contributed by atoms with E-state index >= 15 is 0 Å². The molecule has 2 rings (SSSR count). The number of nitro benzene ring substituents is 1. The van der Waals surface area contributed by atoms with Crippen LogP contribution in [0.3, 0.4) is 0 Å². The van der Waals surface area contributed by atoms with Crippen molar-refractivity contribution in [1.82, 2.24) is 0 Å². The summed E-state index contributed by atoms with van der Waals surface area (Å²) in [6, 6.07) is 9.02. The molecule has 0 aliphatic carbocycles. The molecule has 0 fully saturated rings. The number of benzene rings is 2. The lowest BCUT2D eigenvalue weighted by atomic mass is 10.1. The van der Waals surface area contributed by atoms with Crippen molar-refractivity contribution in [2.45, 2.75) is 13.0 Å². The van der Waals surface area contributed by atoms with E-state index in [0.29, 0.717) is 10.2 Å². The van der Waals surface area contributed by atoms with Gasteiger partial charge in [-0.05, 0) is 52.7 Å². The molecular weight excluding hydrogens is 363 g/mol. The summed E-state index contributed by atoms with van der Waals surface area (Å²) in [4.78, 5) is 10.4. The van der Waals surface area contributed by atoms with Crippen LogP contribution in [-0.4, -0.2) is 4.92 Å². The third kappa shape index (κ3) is 3.71. The Hall–Kier alpha value is -1.66. The maximum absolute atomic E-state index is 13.1. The average molecular weight is 374 g/mol. The molecule has 0 amide bonds. The minimum absolute atomic E-state index is 0.0238. The zero-order chi connectivity index (χ0) is 15.6. The molecule has 2 aromatic carbocycles. The summed E-state index contributed by atoms with van der Waals surface area (Å²) >= 11 is 8.88. The predicted molar refractivity (Wildman–Crippen MR) is 84.2 cm³/mol. The maximum Gasteiger partial charge on any atom is 0.285 e. The van der Waals surface area contributed by atoms with Gasteiger partial charge < -0.3 is 5.32 Å². The second kappa shape index (κ2) is 6.41. The van der Waals surface area contributed by atoms with E-state index in [1.54, 1.807) is 18.2 Å². The fourth-order valence-electron chi connectivity index (χ4n) is 1.86. The van der Waals surface area contributed by atoms with Gasteiger partial charge in [-0.25, -0.2) is 4.39 Å². The van der Waals surface area contributed by atoms with E-state index in [4.69, 9.17) is 11.6 Å². The lowest BCUT2D eigenvalue weighted by Crippen LogP contribution is -2.07. The van der Waals surface area contributed by atoms with Gasteiger partial charge in [0.15, 0.2) is 0 Å². The summed E-state index contributed by atoms with van der Waals surface area (Å²) in [6.07, 6.45) is 0. The quantitative estimate of drug-likeness (QED) is 0.582. The molecular formula is C14H11BrClFN2O2. The van der Waals surface area contributed by atoms with E-state index in [-0.39, 0.29) is 16.8 Å². The highest BCUT2D eigenvalue weighted by molar-refractivity contribution is 9.10. The van der Waals surface area contributed by atoms with Crippen LogP contribution in [0.4, 0.5) is 15.8 Å². The summed E-state index contributed by atoms with van der Waals surface area (Å²) < 4.78 is 13.6. The molecule has 0 aliphatic rings. The van der Waals surface area contributed by atoms with Gasteiger partial charge in [0.05, 0.1) is 14.4 Å². The third-order valence-corrected chi connectivity index (χ3v) is 3.93. The zero-order valence-electron chi connectivity index (χ0n) is 10.9. The first-order valence-electron chi connectivity index (χ1n) is 6.04. The lowest BCUT2D eigenvalue weighted by molar-refractivity contribution is -0.385. The molecule has 0 aromatic heterocycles. The number of nitro groups is 1. The van der Waals surface area contributed by atoms with Crippen LogP contribution in [0.1, 0.15) is 18.5 Å². The van der Waals surface area contributed by atoms with Crippen molar-refractivity contribution in [3.05, 3.63) is 67.4 Å². The molecule has 0 bridgehead atoms. The fourth-order valence-corrected chi connectivity index (χ4v) is 2.44. The Balaban J connectivity index is 2.23. The van der Waals surface area contributed by atoms with Crippen LogP contribution < -0.4 is 5.32 Å². The van der Waals surface area contributed by atoms with Crippen LogP contribution in [0.25, 0.3) is 0 Å². The first-order valence-corrected chi connectivity index (χ1v) is 7.21. The van der Waals surface area contributed by atoms with Gasteiger partial charge in [-0.3, -0.25) is 10.1 Å². The van der Waals surface area contributed by atoms with Crippen molar-refractivity contribution >= 4 is 38.9 Å². The first-order chi connectivity index (χ1) is 9.88. The number of nitrogens with zero attached hydrogens (tertiary/aromatic N) is 1. The second-order valence-corrected chi connectivity index (χ2v) is 5.72. The molecule has 0 saturated heterocycles. The van der Waals surface area contributed by atoms with E-state index in [0.717, 1.165) is 5.56 Å². The maximum atomic E-state index is 13.1. The lowest BCUT2D eigenvalue weighted by Gasteiger charge is -2.16. The van der Waals surface area contributed by atoms with Crippen molar-refractivity contribution < 1.29 is 9.31 Å². The molecule has 1 atom stereocenters. The van der Waals surface area contributed by atoms with E-state index in [9.17, 15) is 14.5 Å². The molecule has 110 valence electrons. The van der Waals surface area contributed by atoms with Crippen LogP contribution in [-0.2, 0) is 0 Å². The topological polar surface area (TPSA) is 55.2 Å². The largest absolute Gasteiger partial charge is 0.378 e. The van der Waals surface area contributed by atoms with Crippen molar-refractivity contribution in [3.63, 3.8) is 0 Å². The molecule has 2 aromatic rings. The van der Waals surface area contributed by atoms with Gasteiger partial charge in [0.1, 0.15) is 5.82 Å². The number of hydrogen-bond acceptors (Lipinski definition) is 3. The van der Waals surface area contributed by atoms with Gasteiger partial charge in [0.2, 0.25) is 0 Å². The minimum atomic E-state index is -0.480. The zero-order valence-corrected chi connectivity index (χ0v) is 13.3. The van der Waals surface area contributed by atoms with Crippen molar-refractivity contribution in [2.75, 3.05) is 5.32 Å². The van der Waals surface area contributed by atoms with E-state index in [2.05, 4.69) is 21.2 Å². The summed E-state index contributed by atoms with van der Waals surface area (Å²) in [6.45, 7) is 1.86. The molecule has 7 heteroatoms. The van der Waals surface area contributed by atoms with Gasteiger partial charge in [-0.2, -0.15) is 0 Å². The SMILES string of the molecule is CC(Nc1ccc(Br)c([N+](=O)[O-])c1)c1ccc(F)c(Cl)c1. The van der Waals surface area contributed by atoms with Crippen LogP contribution >= 0.6 is 27.5 Å². The predicted octanol–water partition coefficient (Wildman–Crippen LogP) is 5.32. The third-order valence-electron chi connectivity index (χ3n) is 2.97. The van der Waals surface area contributed by atoms with E-state index < -0.39 is 10.7 Å². The van der Waals surface area contributed by atoms with Gasteiger partial charge in [-0.1, -0.05) is 17.7 Å². The normalized spacial score (nSPS) is 12.0. The number of nitrogens with one attached hydrogen (secondary N) is 1. The molecule has 0 spiro atoms. The van der Waals surface area contributed by atoms with Crippen LogP contribution in [0.5, 0.6) is 0 Å². The second-order valence-electron chi connectivity index (χ2n) is 4.46. The monoisotopic (exact) mass is 372 g/mol. The number of rotatable bonds is 4. The van der Waals surface area contributed by atoms with E-state index in [1.165, 1.54) is 18.2 Å². The Labute approximate surface area is 134 Å². The molecule has 1 N–H and O–H groups in total. The highest BCUT2D eigenvalue weighted by atomic mass is 79.9. The molecule has 21 heavy (non-hydrogen) atoms. The summed E-state index contributed by atoms with van der Waals surface area (Å²) in [5, 5.41) is 14.1. The Morgan fingerprint density at radius 2 is 2.05 bits per heavy atom. The number of anilines is 1. The molecule has 0 aliphatic heterocycles. The van der Waals surface area contributed by atoms with Crippen LogP contribution in [0.2, 0.25) is 5.02 Å². The van der Waals surface area contributed by atoms with Crippen LogP contribution in [0, 0.1) is 15.9 Å². The van der Waals surface area contributed by atoms with Crippen molar-refractivity contribution in [2.24, 2.45) is 0 Å². The Kier molecular flexibility index (Phi) is 4.80. The van der Waals surface area contributed by atoms with E-state index in [1.807, 2.05) is 6.92 Å². The molecule has 0 radical (unpaired) electrons. The standard InChI is InChI=1S/C14H11BrClFN2O2/c1-8(9-2-5-13(17)12(16)6-9)18-10-3-4-11(15)14(7-10)19(20)21/h2-8,18H,1H3. The molecule has 4 nitrogen and oxygen atoms in total. The number of hydrogen-bond donors (Lipinski definition) is 1. The Morgan fingerprint density at radius 3 is 2.67 bits per heavy atom. The highest BCUT2D eigenvalue weighted by Gasteiger charge is 2.14. The summed E-state index contributed by atoms with van der Waals surface area (Å²) in [7, 11) is 0. The molecule has 0 heterocycles. The van der Waals surface area contributed by atoms with Gasteiger partial charge >= 0.3 is 0 Å². The van der Waals surface area contributed by atoms with Gasteiger partial charge in [0.25, 0.3) is 5.69 Å². The fraction of sp³-hybridized carbons (Fsp3) is 0.143. The van der Waals surface area contributed by atoms with Crippen molar-refractivity contribution in [3.8, 4) is 0 Å². The van der Waals surface area contributed by atoms with Gasteiger partial charge in [-0.15, -0.1) is 0 Å². The smallest absolute Gasteiger partial charge is 0.285 e. The number of halogens is 3. The summed E-state index contributed by atoms with van der Waals surface area (Å²) in [5.74, 6) is -0.480. The van der Waals surface area contributed by atoms with Crippen molar-refractivity contribution in [1.29, 1.82) is 0 Å². The summed E-state index contributed by atoms with van der Waals surface area (Å²) in [5.41, 5.74) is 1.36. The Bertz CT molecular complexity index is 697. The Morgan fingerprint density at radius 1 is 1.33 bits per heavy atom.